The average Bonchev–Trinajstić information content (AvgIpc) is 3.18. The number of aliphatic imine (C=N–C) groups is 2. The van der Waals surface area contributed by atoms with Crippen LogP contribution in [0.4, 0.5) is 5.13 Å². The first kappa shape index (κ1) is 28.9. The number of aliphatic carboxylic acids is 2. The number of benzene rings is 1. The Morgan fingerprint density at radius 2 is 1.79 bits per heavy atom. The van der Waals surface area contributed by atoms with Gasteiger partial charge in [0.05, 0.1) is 16.9 Å². The lowest BCUT2D eigenvalue weighted by Gasteiger charge is -2.03. The van der Waals surface area contributed by atoms with Crippen molar-refractivity contribution in [1.29, 1.82) is 0 Å². The first-order chi connectivity index (χ1) is 16.0. The van der Waals surface area contributed by atoms with Crippen LogP contribution in [-0.4, -0.2) is 60.1 Å². The van der Waals surface area contributed by atoms with E-state index in [0.29, 0.717) is 40.4 Å². The van der Waals surface area contributed by atoms with E-state index in [1.54, 1.807) is 11.8 Å². The van der Waals surface area contributed by atoms with Crippen molar-refractivity contribution in [2.75, 3.05) is 12.3 Å². The second-order valence-corrected chi connectivity index (χ2v) is 9.92. The number of carbonyl (C=O) groups is 2. The molecule has 7 N–H and O–H groups in total. The molecule has 2 rings (SSSR count). The van der Waals surface area contributed by atoms with Crippen LogP contribution in [0.25, 0.3) is 0 Å². The van der Waals surface area contributed by atoms with Gasteiger partial charge in [0.15, 0.2) is 5.96 Å². The van der Waals surface area contributed by atoms with Gasteiger partial charge in [0.1, 0.15) is 0 Å². The molecule has 0 unspecified atom stereocenters. The maximum atomic E-state index is 12.0. The van der Waals surface area contributed by atoms with E-state index >= 15 is 0 Å². The lowest BCUT2D eigenvalue weighted by atomic mass is 10.4. The molecule has 0 aliphatic rings. The Hall–Kier alpha value is -3.14. The van der Waals surface area contributed by atoms with Gasteiger partial charge in [-0.1, -0.05) is 11.6 Å². The molecule has 1 aromatic carbocycles. The number of hydrogen-bond acceptors (Lipinski definition) is 9. The van der Waals surface area contributed by atoms with Crippen molar-refractivity contribution in [2.45, 2.75) is 10.6 Å². The minimum Gasteiger partial charge on any atom is -0.478 e. The molecular weight excluding hydrogens is 528 g/mol. The molecule has 0 bridgehead atoms. The number of nitrogens with two attached hydrogens (primary N) is 2. The average molecular weight is 549 g/mol. The van der Waals surface area contributed by atoms with Gasteiger partial charge in [0.2, 0.25) is 5.13 Å². The number of carboxylic acids is 2. The number of thiazole rings is 1. The van der Waals surface area contributed by atoms with Gasteiger partial charge in [-0.2, -0.15) is 16.8 Å². The predicted octanol–water partition coefficient (Wildman–Crippen LogP) is 1.65. The summed E-state index contributed by atoms with van der Waals surface area (Å²) in [5.41, 5.74) is 11.5. The number of nitrogens with one attached hydrogen (secondary N) is 1. The number of guanidine groups is 1. The van der Waals surface area contributed by atoms with Gasteiger partial charge >= 0.3 is 11.9 Å². The van der Waals surface area contributed by atoms with E-state index in [1.165, 1.54) is 41.9 Å². The molecular formula is C18H21ClN6O6S3. The Labute approximate surface area is 208 Å². The fraction of sp³-hybridized carbons (Fsp3) is 0.167. The van der Waals surface area contributed by atoms with E-state index in [0.717, 1.165) is 5.69 Å². The number of thioether (sulfide) groups is 1. The lowest BCUT2D eigenvalue weighted by Crippen LogP contribution is -2.22. The van der Waals surface area contributed by atoms with E-state index in [2.05, 4.69) is 19.7 Å². The number of sulfonamides is 1. The highest BCUT2D eigenvalue weighted by atomic mass is 35.5. The maximum Gasteiger partial charge on any atom is 0.328 e. The van der Waals surface area contributed by atoms with Crippen LogP contribution in [0.1, 0.15) is 5.69 Å². The van der Waals surface area contributed by atoms with Crippen LogP contribution in [-0.2, 0) is 25.4 Å². The number of halogens is 1. The molecule has 0 amide bonds. The normalized spacial score (nSPS) is 11.1. The molecule has 0 fully saturated rings. The van der Waals surface area contributed by atoms with Gasteiger partial charge in [-0.25, -0.2) is 23.0 Å². The molecule has 0 saturated heterocycles. The number of rotatable bonds is 11. The number of carboxylic acid groups (broad SMARTS) is 2. The quantitative estimate of drug-likeness (QED) is 0.118. The predicted molar refractivity (Wildman–Crippen MR) is 133 cm³/mol. The Morgan fingerprint density at radius 3 is 2.35 bits per heavy atom. The van der Waals surface area contributed by atoms with Crippen molar-refractivity contribution in [3.05, 3.63) is 52.5 Å². The molecule has 12 nitrogen and oxygen atoms in total. The van der Waals surface area contributed by atoms with Crippen LogP contribution in [0.15, 0.2) is 56.7 Å². The number of hydrogen-bond donors (Lipinski definition) is 5. The molecule has 0 aliphatic carbocycles. The Kier molecular flexibility index (Phi) is 12.7. The fourth-order valence-electron chi connectivity index (χ4n) is 1.81. The standard InChI is InChI=1S/C14H17ClN6O2S3.C4H4O4/c15-10-1-3-12(4-2-10)26(22,23)19-9-18-5-6-24-7-11-8-25-14(20-11)21-13(16)17;5-3(6)1-2-4(7)8/h1-4,8-9H,5-7H2,(H,18,19)(H4,16,17,20,21);1-2H,(H,5,6)(H,7,8)/b;2-1-. The Balaban J connectivity index is 0.000000620. The minimum absolute atomic E-state index is 0.0195. The molecule has 0 radical (unpaired) electrons. The van der Waals surface area contributed by atoms with Crippen molar-refractivity contribution >= 4 is 74.1 Å². The molecule has 0 saturated carbocycles. The molecule has 34 heavy (non-hydrogen) atoms. The van der Waals surface area contributed by atoms with Crippen LogP contribution < -0.4 is 16.2 Å². The summed E-state index contributed by atoms with van der Waals surface area (Å²) < 4.78 is 26.3. The largest absolute Gasteiger partial charge is 0.478 e. The first-order valence-corrected chi connectivity index (χ1v) is 12.9. The van der Waals surface area contributed by atoms with Gasteiger partial charge < -0.3 is 21.7 Å². The van der Waals surface area contributed by atoms with Crippen LogP contribution in [0.3, 0.4) is 0 Å². The summed E-state index contributed by atoms with van der Waals surface area (Å²) >= 11 is 8.73. The topological polar surface area (TPSA) is 210 Å². The van der Waals surface area contributed by atoms with E-state index in [4.69, 9.17) is 33.3 Å². The maximum absolute atomic E-state index is 12.0. The van der Waals surface area contributed by atoms with E-state index in [-0.39, 0.29) is 10.9 Å². The van der Waals surface area contributed by atoms with E-state index in [1.807, 2.05) is 5.38 Å². The molecule has 184 valence electrons. The van der Waals surface area contributed by atoms with Crippen LogP contribution >= 0.6 is 34.7 Å². The van der Waals surface area contributed by atoms with E-state index < -0.39 is 22.0 Å². The third kappa shape index (κ3) is 12.8. The van der Waals surface area contributed by atoms with E-state index in [9.17, 15) is 18.0 Å². The molecule has 0 spiro atoms. The van der Waals surface area contributed by atoms with Crippen molar-refractivity contribution in [3.63, 3.8) is 0 Å². The molecule has 0 atom stereocenters. The SMILES string of the molecule is NC(N)=Nc1nc(CSCCN=CNS(=O)(=O)c2ccc(Cl)cc2)cs1.O=C(O)/C=C\C(=O)O. The first-order valence-electron chi connectivity index (χ1n) is 9.01. The highest BCUT2D eigenvalue weighted by molar-refractivity contribution is 7.98. The summed E-state index contributed by atoms with van der Waals surface area (Å²) in [4.78, 5) is 31.4. The van der Waals surface area contributed by atoms with Crippen molar-refractivity contribution in [2.24, 2.45) is 21.5 Å². The van der Waals surface area contributed by atoms with Gasteiger partial charge in [0.25, 0.3) is 10.0 Å². The zero-order valence-corrected chi connectivity index (χ0v) is 20.6. The number of aromatic nitrogens is 1. The highest BCUT2D eigenvalue weighted by Crippen LogP contribution is 2.21. The van der Waals surface area contributed by atoms with Crippen LogP contribution in [0.2, 0.25) is 5.02 Å². The van der Waals surface area contributed by atoms with Crippen LogP contribution in [0.5, 0.6) is 0 Å². The monoisotopic (exact) mass is 548 g/mol. The van der Waals surface area contributed by atoms with Crippen molar-refractivity contribution in [1.82, 2.24) is 9.71 Å². The summed E-state index contributed by atoms with van der Waals surface area (Å²) in [6.07, 6.45) is 2.30. The molecule has 2 aromatic rings. The molecule has 16 heteroatoms. The molecule has 1 heterocycles. The second kappa shape index (κ2) is 14.9. The smallest absolute Gasteiger partial charge is 0.328 e. The van der Waals surface area contributed by atoms with Gasteiger partial charge in [-0.05, 0) is 24.3 Å². The Morgan fingerprint density at radius 1 is 1.18 bits per heavy atom. The summed E-state index contributed by atoms with van der Waals surface area (Å²) in [5.74, 6) is -1.12. The van der Waals surface area contributed by atoms with Crippen molar-refractivity contribution < 1.29 is 28.2 Å². The summed E-state index contributed by atoms with van der Waals surface area (Å²) in [6, 6.07) is 5.89. The van der Waals surface area contributed by atoms with Crippen molar-refractivity contribution in [3.8, 4) is 0 Å². The Bertz CT molecular complexity index is 1130. The summed E-state index contributed by atoms with van der Waals surface area (Å²) in [6.45, 7) is 0.471. The molecule has 0 aliphatic heterocycles. The minimum atomic E-state index is -3.63. The van der Waals surface area contributed by atoms with Gasteiger partial charge in [0, 0.05) is 40.6 Å². The zero-order valence-electron chi connectivity index (χ0n) is 17.4. The summed E-state index contributed by atoms with van der Waals surface area (Å²) in [7, 11) is -3.63. The molecule has 1 aromatic heterocycles. The summed E-state index contributed by atoms with van der Waals surface area (Å²) in [5, 5.41) is 18.5. The zero-order chi connectivity index (χ0) is 25.6. The van der Waals surface area contributed by atoms with Crippen LogP contribution in [0, 0.1) is 0 Å². The van der Waals surface area contributed by atoms with Gasteiger partial charge in [-0.15, -0.1) is 11.3 Å². The second-order valence-electron chi connectivity index (χ2n) is 5.83. The number of nitrogens with zero attached hydrogens (tertiary/aromatic N) is 3. The highest BCUT2D eigenvalue weighted by Gasteiger charge is 2.11. The third-order valence-electron chi connectivity index (χ3n) is 3.17. The lowest BCUT2D eigenvalue weighted by molar-refractivity contribution is -0.134. The third-order valence-corrected chi connectivity index (χ3v) is 6.49. The fourth-order valence-corrected chi connectivity index (χ4v) is 4.33. The van der Waals surface area contributed by atoms with Gasteiger partial charge in [-0.3, -0.25) is 9.71 Å².